The first-order valence-corrected chi connectivity index (χ1v) is 11.0. The van der Waals surface area contributed by atoms with Crippen molar-refractivity contribution in [2.24, 2.45) is 0 Å². The Hall–Kier alpha value is -3.30. The van der Waals surface area contributed by atoms with Gasteiger partial charge in [0.25, 0.3) is 0 Å². The number of carbonyl (C=O) groups excluding carboxylic acids is 1. The fourth-order valence-corrected chi connectivity index (χ4v) is 4.51. The van der Waals surface area contributed by atoms with Gasteiger partial charge in [-0.1, -0.05) is 6.08 Å². The van der Waals surface area contributed by atoms with Crippen LogP contribution in [-0.2, 0) is 4.79 Å². The van der Waals surface area contributed by atoms with Crippen molar-refractivity contribution in [3.8, 4) is 0 Å². The summed E-state index contributed by atoms with van der Waals surface area (Å²) in [6, 6.07) is 8.18. The van der Waals surface area contributed by atoms with Crippen LogP contribution in [-0.4, -0.2) is 69.4 Å². The Kier molecular flexibility index (Phi) is 5.13. The molecule has 0 unspecified atom stereocenters. The molecule has 1 amide bonds. The van der Waals surface area contributed by atoms with Crippen LogP contribution >= 0.6 is 11.3 Å². The van der Waals surface area contributed by atoms with Crippen LogP contribution in [0, 0.1) is 0 Å². The summed E-state index contributed by atoms with van der Waals surface area (Å²) in [6.45, 7) is 1.79. The van der Waals surface area contributed by atoms with Crippen LogP contribution in [0.5, 0.6) is 0 Å². The maximum Gasteiger partial charge on any atom is 0.237 e. The minimum atomic E-state index is 0.159. The van der Waals surface area contributed by atoms with Gasteiger partial charge in [0.1, 0.15) is 17.8 Å². The summed E-state index contributed by atoms with van der Waals surface area (Å²) >= 11 is 1.62. The third kappa shape index (κ3) is 4.01. The van der Waals surface area contributed by atoms with Crippen molar-refractivity contribution in [1.82, 2.24) is 29.7 Å². The standard InChI is InChI=1S/C22H23N7OS/c1-28(2)11-20(30)29-7-5-14(6-8-29)18-10-16-21(23-12-24-22(16)27-18)26-15-3-4-17-19(9-15)31-13-25-17/h3-5,9-10,12-13H,6-8,11H2,1-2H3,(H2,23,24,26,27). The van der Waals surface area contributed by atoms with Crippen molar-refractivity contribution in [3.63, 3.8) is 0 Å². The number of amides is 1. The molecule has 5 rings (SSSR count). The molecular formula is C22H23N7OS. The number of thiazole rings is 1. The third-order valence-corrected chi connectivity index (χ3v) is 6.17. The molecule has 0 saturated carbocycles. The van der Waals surface area contributed by atoms with Gasteiger partial charge in [-0.2, -0.15) is 0 Å². The van der Waals surface area contributed by atoms with Gasteiger partial charge in [0.15, 0.2) is 0 Å². The Bertz CT molecular complexity index is 1290. The van der Waals surface area contributed by atoms with Crippen molar-refractivity contribution in [2.45, 2.75) is 6.42 Å². The number of benzene rings is 1. The second-order valence-corrected chi connectivity index (χ2v) is 8.77. The number of H-pyrrole nitrogens is 1. The number of anilines is 2. The smallest absolute Gasteiger partial charge is 0.237 e. The van der Waals surface area contributed by atoms with E-state index in [0.717, 1.165) is 51.4 Å². The minimum absolute atomic E-state index is 0.159. The Morgan fingerprint density at radius 3 is 2.97 bits per heavy atom. The first-order chi connectivity index (χ1) is 15.1. The van der Waals surface area contributed by atoms with Gasteiger partial charge in [-0.25, -0.2) is 15.0 Å². The third-order valence-electron chi connectivity index (χ3n) is 5.38. The van der Waals surface area contributed by atoms with Crippen LogP contribution in [0.3, 0.4) is 0 Å². The molecule has 2 N–H and O–H groups in total. The van der Waals surface area contributed by atoms with Gasteiger partial charge in [-0.15, -0.1) is 11.3 Å². The number of rotatable bonds is 5. The fourth-order valence-electron chi connectivity index (χ4n) is 3.79. The molecule has 0 aliphatic carbocycles. The molecule has 0 radical (unpaired) electrons. The molecule has 0 saturated heterocycles. The molecule has 31 heavy (non-hydrogen) atoms. The van der Waals surface area contributed by atoms with Gasteiger partial charge >= 0.3 is 0 Å². The summed E-state index contributed by atoms with van der Waals surface area (Å²) in [7, 11) is 3.82. The molecule has 1 aromatic carbocycles. The highest BCUT2D eigenvalue weighted by atomic mass is 32.1. The molecule has 158 valence electrons. The zero-order chi connectivity index (χ0) is 21.4. The quantitative estimate of drug-likeness (QED) is 0.501. The summed E-state index contributed by atoms with van der Waals surface area (Å²) in [6.07, 6.45) is 4.50. The van der Waals surface area contributed by atoms with Crippen molar-refractivity contribution >= 4 is 55.6 Å². The summed E-state index contributed by atoms with van der Waals surface area (Å²) in [5.41, 5.74) is 6.82. The number of likely N-dealkylation sites (N-methyl/N-ethyl adjacent to an activating group) is 1. The number of carbonyl (C=O) groups is 1. The number of nitrogens with zero attached hydrogens (tertiary/aromatic N) is 5. The van der Waals surface area contributed by atoms with E-state index >= 15 is 0 Å². The molecule has 3 aromatic heterocycles. The Balaban J connectivity index is 1.38. The zero-order valence-electron chi connectivity index (χ0n) is 17.4. The zero-order valence-corrected chi connectivity index (χ0v) is 18.2. The molecule has 8 nitrogen and oxygen atoms in total. The number of fused-ring (bicyclic) bond motifs is 2. The van der Waals surface area contributed by atoms with Crippen LogP contribution < -0.4 is 5.32 Å². The lowest BCUT2D eigenvalue weighted by atomic mass is 10.0. The van der Waals surface area contributed by atoms with Gasteiger partial charge in [0.2, 0.25) is 5.91 Å². The highest BCUT2D eigenvalue weighted by Gasteiger charge is 2.20. The van der Waals surface area contributed by atoms with E-state index in [4.69, 9.17) is 0 Å². The lowest BCUT2D eigenvalue weighted by molar-refractivity contribution is -0.131. The molecule has 4 heterocycles. The van der Waals surface area contributed by atoms with Crippen molar-refractivity contribution in [3.05, 3.63) is 47.9 Å². The second-order valence-electron chi connectivity index (χ2n) is 7.88. The summed E-state index contributed by atoms with van der Waals surface area (Å²) in [5.74, 6) is 0.919. The van der Waals surface area contributed by atoms with Crippen molar-refractivity contribution in [2.75, 3.05) is 39.0 Å². The molecule has 4 aromatic rings. The maximum atomic E-state index is 12.3. The van der Waals surface area contributed by atoms with E-state index in [2.05, 4.69) is 43.5 Å². The molecule has 0 atom stereocenters. The summed E-state index contributed by atoms with van der Waals surface area (Å²) < 4.78 is 1.13. The van der Waals surface area contributed by atoms with Crippen molar-refractivity contribution < 1.29 is 4.79 Å². The predicted molar refractivity (Wildman–Crippen MR) is 125 cm³/mol. The Morgan fingerprint density at radius 1 is 1.26 bits per heavy atom. The van der Waals surface area contributed by atoms with Gasteiger partial charge in [0, 0.05) is 24.5 Å². The largest absolute Gasteiger partial charge is 0.340 e. The molecule has 9 heteroatoms. The average Bonchev–Trinajstić information content (AvgIpc) is 3.40. The molecule has 1 aliphatic rings. The topological polar surface area (TPSA) is 90.0 Å². The summed E-state index contributed by atoms with van der Waals surface area (Å²) in [4.78, 5) is 32.7. The van der Waals surface area contributed by atoms with Crippen LogP contribution in [0.15, 0.2) is 42.2 Å². The molecular weight excluding hydrogens is 410 g/mol. The first-order valence-electron chi connectivity index (χ1n) is 10.1. The van der Waals surface area contributed by atoms with E-state index in [1.54, 1.807) is 17.7 Å². The van der Waals surface area contributed by atoms with Crippen LogP contribution in [0.25, 0.3) is 26.8 Å². The lowest BCUT2D eigenvalue weighted by Gasteiger charge is -2.27. The van der Waals surface area contributed by atoms with Crippen molar-refractivity contribution in [1.29, 1.82) is 0 Å². The van der Waals surface area contributed by atoms with E-state index < -0.39 is 0 Å². The molecule has 0 fully saturated rings. The Labute approximate surface area is 183 Å². The second kappa shape index (κ2) is 8.09. The van der Waals surface area contributed by atoms with Crippen LogP contribution in [0.1, 0.15) is 12.1 Å². The summed E-state index contributed by atoms with van der Waals surface area (Å²) in [5, 5.41) is 4.35. The normalized spacial score (nSPS) is 14.4. The highest BCUT2D eigenvalue weighted by molar-refractivity contribution is 7.16. The van der Waals surface area contributed by atoms with Crippen LogP contribution in [0.2, 0.25) is 0 Å². The number of hydrogen-bond acceptors (Lipinski definition) is 7. The van der Waals surface area contributed by atoms with E-state index in [0.29, 0.717) is 13.1 Å². The average molecular weight is 434 g/mol. The van der Waals surface area contributed by atoms with Crippen LogP contribution in [0.4, 0.5) is 11.5 Å². The highest BCUT2D eigenvalue weighted by Crippen LogP contribution is 2.30. The maximum absolute atomic E-state index is 12.3. The number of nitrogens with one attached hydrogen (secondary N) is 2. The Morgan fingerprint density at radius 2 is 2.16 bits per heavy atom. The van der Waals surface area contributed by atoms with Gasteiger partial charge in [-0.3, -0.25) is 4.79 Å². The minimum Gasteiger partial charge on any atom is -0.340 e. The van der Waals surface area contributed by atoms with Gasteiger partial charge in [-0.05, 0) is 50.4 Å². The lowest BCUT2D eigenvalue weighted by Crippen LogP contribution is -2.40. The van der Waals surface area contributed by atoms with E-state index in [1.807, 2.05) is 41.5 Å². The van der Waals surface area contributed by atoms with E-state index in [9.17, 15) is 4.79 Å². The fraction of sp³-hybridized carbons (Fsp3) is 0.273. The number of aromatic amines is 1. The number of hydrogen-bond donors (Lipinski definition) is 2. The number of aromatic nitrogens is 4. The van der Waals surface area contributed by atoms with E-state index in [-0.39, 0.29) is 5.91 Å². The van der Waals surface area contributed by atoms with Gasteiger partial charge in [0.05, 0.1) is 27.7 Å². The van der Waals surface area contributed by atoms with E-state index in [1.165, 1.54) is 5.57 Å². The molecule has 0 spiro atoms. The molecule has 1 aliphatic heterocycles. The monoisotopic (exact) mass is 433 g/mol. The van der Waals surface area contributed by atoms with Gasteiger partial charge < -0.3 is 20.1 Å². The first kappa shape index (κ1) is 19.7. The SMILES string of the molecule is CN(C)CC(=O)N1CC=C(c2cc3c(Nc4ccc5ncsc5c4)ncnc3[nH]2)CC1. The predicted octanol–water partition coefficient (Wildman–Crippen LogP) is 3.49. The molecule has 0 bridgehead atoms.